The van der Waals surface area contributed by atoms with Crippen molar-refractivity contribution in [2.75, 3.05) is 25.0 Å². The fourth-order valence-electron chi connectivity index (χ4n) is 3.47. The summed E-state index contributed by atoms with van der Waals surface area (Å²) < 4.78 is 38.5. The van der Waals surface area contributed by atoms with Crippen LogP contribution in [0, 0.1) is 11.8 Å². The molecule has 5 nitrogen and oxygen atoms in total. The van der Waals surface area contributed by atoms with Crippen molar-refractivity contribution in [1.29, 1.82) is 0 Å². The number of carbonyl (C=O) groups excluding carboxylic acids is 2. The van der Waals surface area contributed by atoms with Gasteiger partial charge in [-0.2, -0.15) is 13.2 Å². The molecule has 1 aromatic rings. The number of urea groups is 1. The van der Waals surface area contributed by atoms with E-state index in [1.54, 1.807) is 11.0 Å². The first-order chi connectivity index (χ1) is 13.2. The van der Waals surface area contributed by atoms with Crippen molar-refractivity contribution in [3.8, 4) is 0 Å². The molecule has 2 N–H and O–H groups in total. The second-order valence-electron chi connectivity index (χ2n) is 6.97. The summed E-state index contributed by atoms with van der Waals surface area (Å²) in [7, 11) is 0. The molecular weight excluding hydrogens is 371 g/mol. The molecule has 0 spiro atoms. The van der Waals surface area contributed by atoms with E-state index in [9.17, 15) is 22.8 Å². The molecule has 2 rings (SSSR count). The highest BCUT2D eigenvalue weighted by Crippen LogP contribution is 2.32. The lowest BCUT2D eigenvalue weighted by Crippen LogP contribution is -2.46. The Morgan fingerprint density at radius 2 is 2.07 bits per heavy atom. The van der Waals surface area contributed by atoms with Gasteiger partial charge in [0.2, 0.25) is 5.91 Å². The first-order valence-corrected chi connectivity index (χ1v) is 9.35. The molecule has 0 radical (unpaired) electrons. The second kappa shape index (κ2) is 9.61. The number of halogens is 3. The number of nitrogens with zero attached hydrogens (tertiary/aromatic N) is 1. The van der Waals surface area contributed by atoms with Crippen molar-refractivity contribution in [3.05, 3.63) is 42.5 Å². The molecule has 1 saturated heterocycles. The van der Waals surface area contributed by atoms with Crippen molar-refractivity contribution in [3.63, 3.8) is 0 Å². The van der Waals surface area contributed by atoms with Gasteiger partial charge in [0.15, 0.2) is 0 Å². The van der Waals surface area contributed by atoms with Gasteiger partial charge in [-0.1, -0.05) is 25.5 Å². The Morgan fingerprint density at radius 3 is 2.71 bits per heavy atom. The molecule has 1 fully saturated rings. The van der Waals surface area contributed by atoms with Crippen molar-refractivity contribution in [2.24, 2.45) is 11.8 Å². The summed E-state index contributed by atoms with van der Waals surface area (Å²) in [4.78, 5) is 26.1. The van der Waals surface area contributed by atoms with E-state index in [1.807, 2.05) is 6.92 Å². The van der Waals surface area contributed by atoms with Crippen LogP contribution in [0.5, 0.6) is 0 Å². The molecule has 0 unspecified atom stereocenters. The third-order valence-electron chi connectivity index (χ3n) is 5.04. The molecular formula is C20H26F3N3O2. The quantitative estimate of drug-likeness (QED) is 0.704. The van der Waals surface area contributed by atoms with E-state index in [2.05, 4.69) is 17.2 Å². The summed E-state index contributed by atoms with van der Waals surface area (Å²) in [5, 5.41) is 5.32. The lowest BCUT2D eigenvalue weighted by molar-refractivity contribution is -0.137. The Bertz CT molecular complexity index is 706. The Morgan fingerprint density at radius 1 is 1.32 bits per heavy atom. The van der Waals surface area contributed by atoms with E-state index in [1.165, 1.54) is 12.1 Å². The van der Waals surface area contributed by atoms with E-state index < -0.39 is 17.8 Å². The number of hydrogen-bond acceptors (Lipinski definition) is 2. The average molecular weight is 397 g/mol. The van der Waals surface area contributed by atoms with Crippen LogP contribution in [0.4, 0.5) is 23.7 Å². The molecule has 0 saturated carbocycles. The lowest BCUT2D eigenvalue weighted by atomic mass is 9.81. The van der Waals surface area contributed by atoms with Crippen LogP contribution < -0.4 is 10.6 Å². The van der Waals surface area contributed by atoms with Crippen LogP contribution in [0.3, 0.4) is 0 Å². The molecule has 3 amide bonds. The summed E-state index contributed by atoms with van der Waals surface area (Å²) in [6.45, 7) is 6.93. The molecule has 0 aliphatic carbocycles. The van der Waals surface area contributed by atoms with Gasteiger partial charge in [0.1, 0.15) is 0 Å². The topological polar surface area (TPSA) is 61.4 Å². The van der Waals surface area contributed by atoms with Gasteiger partial charge < -0.3 is 15.5 Å². The standard InChI is InChI=1S/C20H26F3N3O2/c1-3-9-24-18(27)11-15-8-10-26(13-14(15)4-2)19(28)25-17-7-5-6-16(12-17)20(21,22)23/h3,5-7,12,14-15H,1,4,8-11,13H2,2H3,(H,24,27)(H,25,28)/t14-,15-/m0/s1. The third-order valence-corrected chi connectivity index (χ3v) is 5.04. The number of likely N-dealkylation sites (tertiary alicyclic amines) is 1. The zero-order valence-electron chi connectivity index (χ0n) is 15.9. The van der Waals surface area contributed by atoms with Crippen LogP contribution in [0.25, 0.3) is 0 Å². The predicted octanol–water partition coefficient (Wildman–Crippen LogP) is 4.28. The first-order valence-electron chi connectivity index (χ1n) is 9.35. The number of alkyl halides is 3. The molecule has 8 heteroatoms. The van der Waals surface area contributed by atoms with Crippen LogP contribution >= 0.6 is 0 Å². The van der Waals surface area contributed by atoms with Crippen LogP contribution in [-0.2, 0) is 11.0 Å². The predicted molar refractivity (Wildman–Crippen MR) is 102 cm³/mol. The molecule has 1 aromatic carbocycles. The SMILES string of the molecule is C=CCNC(=O)C[C@@H]1CCN(C(=O)Nc2cccc(C(F)(F)F)c2)C[C@@H]1CC. The van der Waals surface area contributed by atoms with Gasteiger partial charge in [-0.3, -0.25) is 4.79 Å². The zero-order chi connectivity index (χ0) is 20.7. The number of hydrogen-bond donors (Lipinski definition) is 2. The first kappa shape index (κ1) is 21.8. The van der Waals surface area contributed by atoms with Crippen LogP contribution in [0.1, 0.15) is 31.7 Å². The molecule has 28 heavy (non-hydrogen) atoms. The summed E-state index contributed by atoms with van der Waals surface area (Å²) in [5.41, 5.74) is -0.695. The second-order valence-corrected chi connectivity index (χ2v) is 6.97. The highest BCUT2D eigenvalue weighted by molar-refractivity contribution is 5.89. The number of carbonyl (C=O) groups is 2. The summed E-state index contributed by atoms with van der Waals surface area (Å²) >= 11 is 0. The van der Waals surface area contributed by atoms with Gasteiger partial charge >= 0.3 is 12.2 Å². The molecule has 1 aliphatic heterocycles. The summed E-state index contributed by atoms with van der Waals surface area (Å²) in [5.74, 6) is 0.299. The van der Waals surface area contributed by atoms with Gasteiger partial charge in [0.25, 0.3) is 0 Å². The van der Waals surface area contributed by atoms with Gasteiger partial charge in [0, 0.05) is 31.7 Å². The minimum Gasteiger partial charge on any atom is -0.353 e. The van der Waals surface area contributed by atoms with E-state index in [0.29, 0.717) is 32.5 Å². The number of rotatable bonds is 6. The molecule has 1 heterocycles. The molecule has 0 bridgehead atoms. The fourth-order valence-corrected chi connectivity index (χ4v) is 3.47. The zero-order valence-corrected chi connectivity index (χ0v) is 15.9. The van der Waals surface area contributed by atoms with E-state index in [0.717, 1.165) is 18.6 Å². The van der Waals surface area contributed by atoms with Gasteiger partial charge in [-0.15, -0.1) is 6.58 Å². The fraction of sp³-hybridized carbons (Fsp3) is 0.500. The van der Waals surface area contributed by atoms with Gasteiger partial charge in [0.05, 0.1) is 5.56 Å². The maximum atomic E-state index is 12.8. The Hall–Kier alpha value is -2.51. The maximum absolute atomic E-state index is 12.8. The number of benzene rings is 1. The minimum absolute atomic E-state index is 0.0368. The minimum atomic E-state index is -4.46. The Labute approximate surface area is 163 Å². The monoisotopic (exact) mass is 397 g/mol. The largest absolute Gasteiger partial charge is 0.416 e. The Kier molecular flexibility index (Phi) is 7.48. The summed E-state index contributed by atoms with van der Waals surface area (Å²) in [6, 6.07) is 4.16. The smallest absolute Gasteiger partial charge is 0.353 e. The van der Waals surface area contributed by atoms with E-state index >= 15 is 0 Å². The van der Waals surface area contributed by atoms with Crippen molar-refractivity contribution < 1.29 is 22.8 Å². The van der Waals surface area contributed by atoms with Crippen molar-refractivity contribution in [2.45, 2.75) is 32.4 Å². The van der Waals surface area contributed by atoms with Gasteiger partial charge in [-0.25, -0.2) is 4.79 Å². The van der Waals surface area contributed by atoms with Crippen LogP contribution in [-0.4, -0.2) is 36.5 Å². The van der Waals surface area contributed by atoms with E-state index in [4.69, 9.17) is 0 Å². The molecule has 0 aromatic heterocycles. The van der Waals surface area contributed by atoms with Crippen molar-refractivity contribution in [1.82, 2.24) is 10.2 Å². The normalized spacial score (nSPS) is 19.8. The van der Waals surface area contributed by atoms with Crippen LogP contribution in [0.15, 0.2) is 36.9 Å². The maximum Gasteiger partial charge on any atom is 0.416 e. The number of anilines is 1. The highest BCUT2D eigenvalue weighted by atomic mass is 19.4. The van der Waals surface area contributed by atoms with Crippen LogP contribution in [0.2, 0.25) is 0 Å². The average Bonchev–Trinajstić information content (AvgIpc) is 2.66. The molecule has 154 valence electrons. The van der Waals surface area contributed by atoms with E-state index in [-0.39, 0.29) is 23.4 Å². The number of piperidine rings is 1. The molecule has 1 aliphatic rings. The third kappa shape index (κ3) is 6.00. The number of nitrogens with one attached hydrogen (secondary N) is 2. The number of amides is 3. The molecule has 2 atom stereocenters. The van der Waals surface area contributed by atoms with Crippen molar-refractivity contribution >= 4 is 17.6 Å². The lowest BCUT2D eigenvalue weighted by Gasteiger charge is -2.38. The Balaban J connectivity index is 1.95. The summed E-state index contributed by atoms with van der Waals surface area (Å²) in [6.07, 6.45) is -0.952. The van der Waals surface area contributed by atoms with Gasteiger partial charge in [-0.05, 0) is 36.5 Å². The highest BCUT2D eigenvalue weighted by Gasteiger charge is 2.33.